The molecule has 1 aromatic heterocycles. The number of anilines is 1. The lowest BCUT2D eigenvalue weighted by atomic mass is 10.2. The van der Waals surface area contributed by atoms with Crippen LogP contribution in [0, 0.1) is 6.92 Å². The summed E-state index contributed by atoms with van der Waals surface area (Å²) in [5.74, 6) is -0.377. The second-order valence-electron chi connectivity index (χ2n) is 4.82. The van der Waals surface area contributed by atoms with E-state index < -0.39 is 5.97 Å². The van der Waals surface area contributed by atoms with E-state index in [1.54, 1.807) is 27.1 Å². The highest BCUT2D eigenvalue weighted by Gasteiger charge is 2.16. The molecule has 1 heterocycles. The Hall–Kier alpha value is -2.11. The van der Waals surface area contributed by atoms with Gasteiger partial charge in [-0.05, 0) is 25.5 Å². The Kier molecular flexibility index (Phi) is 5.49. The van der Waals surface area contributed by atoms with E-state index in [0.717, 1.165) is 6.42 Å². The highest BCUT2D eigenvalue weighted by atomic mass is 16.4. The minimum Gasteiger partial charge on any atom is -0.478 e. The number of likely N-dealkylation sites (N-methyl/N-ethyl adjacent to an activating group) is 1. The average molecular weight is 279 g/mol. The Morgan fingerprint density at radius 3 is 2.40 bits per heavy atom. The maximum Gasteiger partial charge on any atom is 0.337 e. The smallest absolute Gasteiger partial charge is 0.337 e. The van der Waals surface area contributed by atoms with Gasteiger partial charge in [0.2, 0.25) is 5.91 Å². The first-order valence-electron chi connectivity index (χ1n) is 6.52. The Balaban J connectivity index is 3.00. The summed E-state index contributed by atoms with van der Waals surface area (Å²) in [5, 5.41) is 9.00. The van der Waals surface area contributed by atoms with Gasteiger partial charge in [-0.25, -0.2) is 9.78 Å². The van der Waals surface area contributed by atoms with Gasteiger partial charge in [0.1, 0.15) is 5.82 Å². The summed E-state index contributed by atoms with van der Waals surface area (Å²) in [5.41, 5.74) is 0.637. The number of pyridine rings is 1. The van der Waals surface area contributed by atoms with Gasteiger partial charge in [-0.15, -0.1) is 0 Å². The average Bonchev–Trinajstić information content (AvgIpc) is 2.37. The van der Waals surface area contributed by atoms with Gasteiger partial charge in [0.05, 0.1) is 17.8 Å². The quantitative estimate of drug-likeness (QED) is 0.852. The number of rotatable bonds is 6. The van der Waals surface area contributed by atoms with E-state index in [1.807, 2.05) is 11.8 Å². The third-order valence-electron chi connectivity index (χ3n) is 2.94. The third kappa shape index (κ3) is 3.94. The van der Waals surface area contributed by atoms with Crippen LogP contribution in [0.4, 0.5) is 5.82 Å². The number of carboxylic acids is 1. The molecule has 1 rings (SSSR count). The van der Waals surface area contributed by atoms with Crippen LogP contribution in [-0.4, -0.2) is 54.1 Å². The molecule has 0 aromatic carbocycles. The largest absolute Gasteiger partial charge is 0.478 e. The number of aromatic nitrogens is 1. The fourth-order valence-electron chi connectivity index (χ4n) is 1.80. The van der Waals surface area contributed by atoms with Crippen LogP contribution in [0.2, 0.25) is 0 Å². The van der Waals surface area contributed by atoms with Crippen molar-refractivity contribution in [2.75, 3.05) is 32.1 Å². The van der Waals surface area contributed by atoms with E-state index in [0.29, 0.717) is 18.1 Å². The molecule has 0 saturated heterocycles. The molecule has 110 valence electrons. The molecule has 20 heavy (non-hydrogen) atoms. The van der Waals surface area contributed by atoms with E-state index in [2.05, 4.69) is 4.98 Å². The zero-order valence-corrected chi connectivity index (χ0v) is 12.4. The minimum atomic E-state index is -0.993. The molecule has 0 bridgehead atoms. The lowest BCUT2D eigenvalue weighted by Crippen LogP contribution is -2.37. The molecule has 0 atom stereocenters. The summed E-state index contributed by atoms with van der Waals surface area (Å²) in [7, 11) is 3.41. The number of amides is 1. The molecular weight excluding hydrogens is 258 g/mol. The van der Waals surface area contributed by atoms with Crippen LogP contribution in [0.15, 0.2) is 12.1 Å². The van der Waals surface area contributed by atoms with Crippen molar-refractivity contribution in [3.05, 3.63) is 23.4 Å². The van der Waals surface area contributed by atoms with Crippen LogP contribution in [0.5, 0.6) is 0 Å². The predicted octanol–water partition coefficient (Wildman–Crippen LogP) is 1.39. The number of carboxylic acid groups (broad SMARTS) is 1. The van der Waals surface area contributed by atoms with E-state index in [9.17, 15) is 9.59 Å². The summed E-state index contributed by atoms with van der Waals surface area (Å²) in [6.07, 6.45) is 0.877. The topological polar surface area (TPSA) is 73.7 Å². The molecule has 0 aliphatic rings. The van der Waals surface area contributed by atoms with Gasteiger partial charge in [0, 0.05) is 20.6 Å². The SMILES string of the molecule is CCCN(CC(=O)N(C)C)c1ccc(C(=O)O)c(C)n1. The van der Waals surface area contributed by atoms with Gasteiger partial charge in [0.25, 0.3) is 0 Å². The molecule has 0 radical (unpaired) electrons. The number of aryl methyl sites for hydroxylation is 1. The second kappa shape index (κ2) is 6.88. The van der Waals surface area contributed by atoms with Gasteiger partial charge in [0.15, 0.2) is 0 Å². The number of nitrogens with zero attached hydrogens (tertiary/aromatic N) is 3. The lowest BCUT2D eigenvalue weighted by Gasteiger charge is -2.24. The Bertz CT molecular complexity index is 500. The van der Waals surface area contributed by atoms with Crippen molar-refractivity contribution in [3.63, 3.8) is 0 Å². The van der Waals surface area contributed by atoms with Crippen LogP contribution in [0.3, 0.4) is 0 Å². The molecular formula is C14H21N3O3. The fourth-order valence-corrected chi connectivity index (χ4v) is 1.80. The Labute approximate surface area is 119 Å². The standard InChI is InChI=1S/C14H21N3O3/c1-5-8-17(9-13(18)16(3)4)12-7-6-11(14(19)20)10(2)15-12/h6-7H,5,8-9H2,1-4H3,(H,19,20). The zero-order chi connectivity index (χ0) is 15.3. The second-order valence-corrected chi connectivity index (χ2v) is 4.82. The fraction of sp³-hybridized carbons (Fsp3) is 0.500. The molecule has 1 amide bonds. The normalized spacial score (nSPS) is 10.2. The lowest BCUT2D eigenvalue weighted by molar-refractivity contribution is -0.127. The van der Waals surface area contributed by atoms with Crippen molar-refractivity contribution in [1.82, 2.24) is 9.88 Å². The van der Waals surface area contributed by atoms with Gasteiger partial charge in [-0.2, -0.15) is 0 Å². The van der Waals surface area contributed by atoms with E-state index in [4.69, 9.17) is 5.11 Å². The maximum atomic E-state index is 11.8. The molecule has 0 aliphatic heterocycles. The van der Waals surface area contributed by atoms with Gasteiger partial charge in [-0.1, -0.05) is 6.92 Å². The summed E-state index contributed by atoms with van der Waals surface area (Å²) < 4.78 is 0. The molecule has 1 aromatic rings. The zero-order valence-electron chi connectivity index (χ0n) is 12.4. The molecule has 0 spiro atoms. The summed E-state index contributed by atoms with van der Waals surface area (Å²) >= 11 is 0. The van der Waals surface area contributed by atoms with Crippen LogP contribution in [-0.2, 0) is 4.79 Å². The molecule has 0 fully saturated rings. The van der Waals surface area contributed by atoms with Crippen molar-refractivity contribution in [3.8, 4) is 0 Å². The first-order chi connectivity index (χ1) is 9.36. The van der Waals surface area contributed by atoms with Crippen LogP contribution in [0.1, 0.15) is 29.4 Å². The number of hydrogen-bond donors (Lipinski definition) is 1. The number of carbonyl (C=O) groups excluding carboxylic acids is 1. The van der Waals surface area contributed by atoms with E-state index in [-0.39, 0.29) is 18.0 Å². The molecule has 1 N–H and O–H groups in total. The van der Waals surface area contributed by atoms with Crippen molar-refractivity contribution >= 4 is 17.7 Å². The van der Waals surface area contributed by atoms with Gasteiger partial charge < -0.3 is 14.9 Å². The number of hydrogen-bond acceptors (Lipinski definition) is 4. The molecule has 0 saturated carbocycles. The first kappa shape index (κ1) is 15.9. The van der Waals surface area contributed by atoms with Gasteiger partial charge in [-0.3, -0.25) is 4.79 Å². The Morgan fingerprint density at radius 2 is 1.95 bits per heavy atom. The van der Waals surface area contributed by atoms with Crippen molar-refractivity contribution in [2.45, 2.75) is 20.3 Å². The molecule has 6 heteroatoms. The summed E-state index contributed by atoms with van der Waals surface area (Å²) in [6.45, 7) is 4.61. The Morgan fingerprint density at radius 1 is 1.30 bits per heavy atom. The highest BCUT2D eigenvalue weighted by molar-refractivity contribution is 5.89. The maximum absolute atomic E-state index is 11.8. The van der Waals surface area contributed by atoms with Crippen LogP contribution < -0.4 is 4.90 Å². The minimum absolute atomic E-state index is 0.0137. The molecule has 0 aliphatic carbocycles. The number of carbonyl (C=O) groups is 2. The highest BCUT2D eigenvalue weighted by Crippen LogP contribution is 2.15. The molecule has 6 nitrogen and oxygen atoms in total. The molecule has 0 unspecified atom stereocenters. The third-order valence-corrected chi connectivity index (χ3v) is 2.94. The van der Waals surface area contributed by atoms with E-state index >= 15 is 0 Å². The predicted molar refractivity (Wildman–Crippen MR) is 77.1 cm³/mol. The van der Waals surface area contributed by atoms with Crippen molar-refractivity contribution in [2.24, 2.45) is 0 Å². The summed E-state index contributed by atoms with van der Waals surface area (Å²) in [4.78, 5) is 30.5. The van der Waals surface area contributed by atoms with Crippen LogP contribution >= 0.6 is 0 Å². The monoisotopic (exact) mass is 279 g/mol. The van der Waals surface area contributed by atoms with Crippen molar-refractivity contribution in [1.29, 1.82) is 0 Å². The van der Waals surface area contributed by atoms with Crippen LogP contribution in [0.25, 0.3) is 0 Å². The first-order valence-corrected chi connectivity index (χ1v) is 6.52. The van der Waals surface area contributed by atoms with E-state index in [1.165, 1.54) is 11.0 Å². The summed E-state index contributed by atoms with van der Waals surface area (Å²) in [6, 6.07) is 3.18. The van der Waals surface area contributed by atoms with Gasteiger partial charge >= 0.3 is 5.97 Å². The number of aromatic carboxylic acids is 1. The van der Waals surface area contributed by atoms with Crippen molar-refractivity contribution < 1.29 is 14.7 Å².